The van der Waals surface area contributed by atoms with E-state index in [2.05, 4.69) is 19.6 Å². The van der Waals surface area contributed by atoms with Gasteiger partial charge in [-0.3, -0.25) is 4.79 Å². The number of ether oxygens (including phenoxy) is 1. The smallest absolute Gasteiger partial charge is 0.306 e. The number of unbranched alkanes of at least 4 members (excludes halogenated alkanes) is 3. The molecule has 0 rings (SSSR count). The Kier molecular flexibility index (Phi) is 11.9. The maximum Gasteiger partial charge on any atom is 0.306 e. The van der Waals surface area contributed by atoms with Crippen LogP contribution in [0.15, 0.2) is 36.5 Å². The van der Waals surface area contributed by atoms with Crippen LogP contribution in [0.1, 0.15) is 65.7 Å². The SMILES string of the molecule is C=C/C=C(\C=C/C)CC[C@@H](C)OC(=O)CCCCCC. The van der Waals surface area contributed by atoms with Gasteiger partial charge in [0.2, 0.25) is 0 Å². The first kappa shape index (κ1) is 18.7. The molecule has 0 aliphatic carbocycles. The van der Waals surface area contributed by atoms with Crippen LogP contribution in [0.2, 0.25) is 0 Å². The lowest BCUT2D eigenvalue weighted by Gasteiger charge is -2.13. The molecule has 0 bridgehead atoms. The Morgan fingerprint density at radius 1 is 1.25 bits per heavy atom. The van der Waals surface area contributed by atoms with Crippen molar-refractivity contribution >= 4 is 5.97 Å². The predicted molar refractivity (Wildman–Crippen MR) is 86.6 cm³/mol. The third-order valence-electron chi connectivity index (χ3n) is 3.12. The van der Waals surface area contributed by atoms with Gasteiger partial charge in [0.1, 0.15) is 0 Å². The minimum absolute atomic E-state index is 0.0212. The molecule has 0 N–H and O–H groups in total. The van der Waals surface area contributed by atoms with E-state index in [1.165, 1.54) is 18.4 Å². The van der Waals surface area contributed by atoms with Gasteiger partial charge in [0.15, 0.2) is 0 Å². The average molecular weight is 278 g/mol. The van der Waals surface area contributed by atoms with Crippen molar-refractivity contribution in [3.63, 3.8) is 0 Å². The van der Waals surface area contributed by atoms with Crippen LogP contribution in [0, 0.1) is 0 Å². The van der Waals surface area contributed by atoms with Crippen molar-refractivity contribution in [3.05, 3.63) is 36.5 Å². The Balaban J connectivity index is 3.91. The molecule has 0 aliphatic heterocycles. The van der Waals surface area contributed by atoms with Gasteiger partial charge >= 0.3 is 5.97 Å². The number of carbonyl (C=O) groups is 1. The fourth-order valence-corrected chi connectivity index (χ4v) is 2.00. The van der Waals surface area contributed by atoms with Crippen LogP contribution in [0.4, 0.5) is 0 Å². The molecule has 0 unspecified atom stereocenters. The minimum atomic E-state index is -0.0612. The van der Waals surface area contributed by atoms with E-state index in [0.29, 0.717) is 6.42 Å². The molecular formula is C18H30O2. The Hall–Kier alpha value is -1.31. The summed E-state index contributed by atoms with van der Waals surface area (Å²) in [5, 5.41) is 0. The molecule has 0 saturated heterocycles. The van der Waals surface area contributed by atoms with E-state index in [-0.39, 0.29) is 12.1 Å². The highest BCUT2D eigenvalue weighted by Crippen LogP contribution is 2.13. The van der Waals surface area contributed by atoms with Gasteiger partial charge in [-0.15, -0.1) is 0 Å². The number of rotatable bonds is 11. The number of allylic oxidation sites excluding steroid dienone is 5. The van der Waals surface area contributed by atoms with Crippen LogP contribution in [-0.2, 0) is 9.53 Å². The summed E-state index contributed by atoms with van der Waals surface area (Å²) in [5.41, 5.74) is 1.22. The van der Waals surface area contributed by atoms with Gasteiger partial charge in [-0.2, -0.15) is 0 Å². The number of carbonyl (C=O) groups excluding carboxylic acids is 1. The summed E-state index contributed by atoms with van der Waals surface area (Å²) < 4.78 is 5.42. The molecule has 0 spiro atoms. The maximum atomic E-state index is 11.6. The minimum Gasteiger partial charge on any atom is -0.463 e. The van der Waals surface area contributed by atoms with E-state index in [9.17, 15) is 4.79 Å². The van der Waals surface area contributed by atoms with Gasteiger partial charge in [0, 0.05) is 6.42 Å². The van der Waals surface area contributed by atoms with Gasteiger partial charge in [-0.1, -0.05) is 57.1 Å². The number of esters is 1. The summed E-state index contributed by atoms with van der Waals surface area (Å²) in [7, 11) is 0. The van der Waals surface area contributed by atoms with E-state index in [1.807, 2.05) is 26.0 Å². The van der Waals surface area contributed by atoms with Crippen molar-refractivity contribution in [2.24, 2.45) is 0 Å². The van der Waals surface area contributed by atoms with Gasteiger partial charge < -0.3 is 4.74 Å². The van der Waals surface area contributed by atoms with Crippen LogP contribution in [0.5, 0.6) is 0 Å². The van der Waals surface area contributed by atoms with Crippen molar-refractivity contribution in [1.29, 1.82) is 0 Å². The highest BCUT2D eigenvalue weighted by Gasteiger charge is 2.09. The van der Waals surface area contributed by atoms with E-state index in [4.69, 9.17) is 4.74 Å². The molecule has 0 aromatic rings. The van der Waals surface area contributed by atoms with Crippen molar-refractivity contribution in [2.75, 3.05) is 0 Å². The zero-order valence-electron chi connectivity index (χ0n) is 13.4. The molecule has 0 heterocycles. The van der Waals surface area contributed by atoms with Crippen molar-refractivity contribution in [3.8, 4) is 0 Å². The third kappa shape index (κ3) is 10.6. The van der Waals surface area contributed by atoms with Gasteiger partial charge in [0.05, 0.1) is 6.10 Å². The number of hydrogen-bond donors (Lipinski definition) is 0. The first-order chi connectivity index (χ1) is 9.63. The summed E-state index contributed by atoms with van der Waals surface area (Å²) in [6.45, 7) is 9.84. The molecule has 0 aromatic carbocycles. The Morgan fingerprint density at radius 2 is 2.00 bits per heavy atom. The fourth-order valence-electron chi connectivity index (χ4n) is 2.00. The summed E-state index contributed by atoms with van der Waals surface area (Å²) in [5.74, 6) is -0.0612. The molecule has 2 nitrogen and oxygen atoms in total. The number of hydrogen-bond acceptors (Lipinski definition) is 2. The van der Waals surface area contributed by atoms with Crippen LogP contribution in [0.25, 0.3) is 0 Å². The maximum absolute atomic E-state index is 11.6. The van der Waals surface area contributed by atoms with E-state index < -0.39 is 0 Å². The fraction of sp³-hybridized carbons (Fsp3) is 0.611. The van der Waals surface area contributed by atoms with E-state index in [0.717, 1.165) is 25.7 Å². The molecule has 0 amide bonds. The highest BCUT2D eigenvalue weighted by molar-refractivity contribution is 5.69. The lowest BCUT2D eigenvalue weighted by Crippen LogP contribution is -2.14. The normalized spacial score (nSPS) is 13.4. The van der Waals surface area contributed by atoms with Gasteiger partial charge in [0.25, 0.3) is 0 Å². The second-order valence-corrected chi connectivity index (χ2v) is 5.13. The zero-order valence-corrected chi connectivity index (χ0v) is 13.4. The molecule has 1 atom stereocenters. The van der Waals surface area contributed by atoms with Crippen molar-refractivity contribution in [1.82, 2.24) is 0 Å². The predicted octanol–water partition coefficient (Wildman–Crippen LogP) is 5.36. The second kappa shape index (κ2) is 12.7. The average Bonchev–Trinajstić information content (AvgIpc) is 2.41. The monoisotopic (exact) mass is 278 g/mol. The van der Waals surface area contributed by atoms with Crippen LogP contribution < -0.4 is 0 Å². The van der Waals surface area contributed by atoms with E-state index in [1.54, 1.807) is 6.08 Å². The van der Waals surface area contributed by atoms with Crippen LogP contribution in [0.3, 0.4) is 0 Å². The lowest BCUT2D eigenvalue weighted by molar-refractivity contribution is -0.148. The zero-order chi connectivity index (χ0) is 15.2. The molecule has 0 aliphatic rings. The molecule has 20 heavy (non-hydrogen) atoms. The standard InChI is InChI=1S/C18H30O2/c1-5-8-9-10-13-18(19)20-16(4)14-15-17(11-6-2)12-7-3/h6-7,11-12,16H,2,5,8-10,13-15H2,1,3-4H3/b12-7-,17-11+/t16-/m1/s1. The summed E-state index contributed by atoms with van der Waals surface area (Å²) >= 11 is 0. The molecule has 114 valence electrons. The quantitative estimate of drug-likeness (QED) is 0.289. The van der Waals surface area contributed by atoms with Crippen LogP contribution in [-0.4, -0.2) is 12.1 Å². The molecule has 0 radical (unpaired) electrons. The molecule has 0 aromatic heterocycles. The largest absolute Gasteiger partial charge is 0.463 e. The van der Waals surface area contributed by atoms with Crippen molar-refractivity contribution < 1.29 is 9.53 Å². The Bertz CT molecular complexity index is 326. The molecular weight excluding hydrogens is 248 g/mol. The first-order valence-electron chi connectivity index (χ1n) is 7.77. The van der Waals surface area contributed by atoms with Crippen LogP contribution >= 0.6 is 0 Å². The Morgan fingerprint density at radius 3 is 2.60 bits per heavy atom. The summed E-state index contributed by atoms with van der Waals surface area (Å²) in [4.78, 5) is 11.6. The lowest BCUT2D eigenvalue weighted by atomic mass is 10.1. The van der Waals surface area contributed by atoms with E-state index >= 15 is 0 Å². The third-order valence-corrected chi connectivity index (χ3v) is 3.12. The van der Waals surface area contributed by atoms with Gasteiger partial charge in [-0.05, 0) is 38.7 Å². The topological polar surface area (TPSA) is 26.3 Å². The van der Waals surface area contributed by atoms with Gasteiger partial charge in [-0.25, -0.2) is 0 Å². The Labute approximate surface area is 124 Å². The molecule has 0 fully saturated rings. The highest BCUT2D eigenvalue weighted by atomic mass is 16.5. The second-order valence-electron chi connectivity index (χ2n) is 5.13. The van der Waals surface area contributed by atoms with Crippen molar-refractivity contribution in [2.45, 2.75) is 71.8 Å². The molecule has 0 saturated carbocycles. The first-order valence-corrected chi connectivity index (χ1v) is 7.77. The summed E-state index contributed by atoms with van der Waals surface area (Å²) in [6, 6.07) is 0. The summed E-state index contributed by atoms with van der Waals surface area (Å²) in [6.07, 6.45) is 14.6. The molecule has 2 heteroatoms.